The van der Waals surface area contributed by atoms with Gasteiger partial charge in [0.05, 0.1) is 23.3 Å². The molecule has 5 rings (SSSR count). The molecule has 10 heteroatoms. The number of piperidine rings is 1. The van der Waals surface area contributed by atoms with E-state index >= 15 is 0 Å². The molecule has 2 fully saturated rings. The van der Waals surface area contributed by atoms with Crippen molar-refractivity contribution in [3.63, 3.8) is 0 Å². The average molecular weight is 512 g/mol. The third kappa shape index (κ3) is 5.13. The van der Waals surface area contributed by atoms with Crippen molar-refractivity contribution in [3.8, 4) is 0 Å². The van der Waals surface area contributed by atoms with Gasteiger partial charge in [0.15, 0.2) is 0 Å². The molecule has 4 heterocycles. The molecule has 4 N–H and O–H groups in total. The standard InChI is InChI=1S/C26H32F2N7P/c1-15(18-7-10-32-24-19(18)11-22(34-24)26(27,28)36)33-25(35(2)14-16-5-8-30-9-6-16)23-20(17-3-4-17)12-31-13-21(23)29/h7,10-13,16-17,30H,1,3-6,8-9,14,29,36H2,2H3,(H,32,34). The molecule has 1 aliphatic carbocycles. The molecule has 1 saturated carbocycles. The van der Waals surface area contributed by atoms with Crippen molar-refractivity contribution in [2.24, 2.45) is 10.9 Å². The Morgan fingerprint density at radius 3 is 2.72 bits per heavy atom. The molecular formula is C26H32F2N7P. The number of rotatable bonds is 7. The summed E-state index contributed by atoms with van der Waals surface area (Å²) in [5, 5.41) is 3.97. The number of pyridine rings is 2. The van der Waals surface area contributed by atoms with Gasteiger partial charge in [0.25, 0.3) is 5.66 Å². The summed E-state index contributed by atoms with van der Waals surface area (Å²) in [6.45, 7) is 7.09. The van der Waals surface area contributed by atoms with Gasteiger partial charge in [-0.05, 0) is 68.3 Å². The number of hydrogen-bond donors (Lipinski definition) is 3. The second kappa shape index (κ2) is 9.87. The molecule has 7 nitrogen and oxygen atoms in total. The molecule has 0 radical (unpaired) electrons. The first-order valence-corrected chi connectivity index (χ1v) is 12.9. The number of nitrogen functional groups attached to an aromatic ring is 1. The fraction of sp³-hybridized carbons (Fsp3) is 0.423. The van der Waals surface area contributed by atoms with Gasteiger partial charge < -0.3 is 20.9 Å². The highest BCUT2D eigenvalue weighted by atomic mass is 31.0. The summed E-state index contributed by atoms with van der Waals surface area (Å²) in [7, 11) is 3.60. The fourth-order valence-corrected chi connectivity index (χ4v) is 5.13. The molecule has 0 spiro atoms. The molecule has 2 aliphatic rings. The molecule has 36 heavy (non-hydrogen) atoms. The number of nitrogens with one attached hydrogen (secondary N) is 2. The molecule has 0 aromatic carbocycles. The predicted molar refractivity (Wildman–Crippen MR) is 144 cm³/mol. The second-order valence-corrected chi connectivity index (χ2v) is 10.6. The van der Waals surface area contributed by atoms with Crippen LogP contribution in [0.25, 0.3) is 16.7 Å². The van der Waals surface area contributed by atoms with Crippen molar-refractivity contribution in [1.82, 2.24) is 25.2 Å². The van der Waals surface area contributed by atoms with Crippen LogP contribution in [0.2, 0.25) is 0 Å². The van der Waals surface area contributed by atoms with Gasteiger partial charge in [-0.1, -0.05) is 15.8 Å². The SMILES string of the molecule is C=C(N=C(c1c(N)cncc1C1CC1)N(C)CC1CCNCC1)c1ccnc2[nH]c(C(F)(F)P)cc12. The summed E-state index contributed by atoms with van der Waals surface area (Å²) in [6.07, 6.45) is 9.54. The smallest absolute Gasteiger partial charge is 0.298 e. The molecule has 3 aromatic heterocycles. The van der Waals surface area contributed by atoms with E-state index in [9.17, 15) is 8.78 Å². The van der Waals surface area contributed by atoms with Crippen molar-refractivity contribution >= 4 is 37.5 Å². The lowest BCUT2D eigenvalue weighted by Crippen LogP contribution is -2.38. The number of aromatic amines is 1. The number of fused-ring (bicyclic) bond motifs is 1. The molecule has 1 unspecified atom stereocenters. The van der Waals surface area contributed by atoms with Gasteiger partial charge >= 0.3 is 0 Å². The number of anilines is 1. The Morgan fingerprint density at radius 2 is 2.03 bits per heavy atom. The van der Waals surface area contributed by atoms with Crippen LogP contribution in [0.1, 0.15) is 54.0 Å². The van der Waals surface area contributed by atoms with Gasteiger partial charge in [0, 0.05) is 42.5 Å². The molecule has 190 valence electrons. The van der Waals surface area contributed by atoms with Crippen LogP contribution in [-0.2, 0) is 5.66 Å². The summed E-state index contributed by atoms with van der Waals surface area (Å²) in [5.74, 6) is 1.69. The number of aliphatic imine (C=N–C) groups is 1. The minimum absolute atomic E-state index is 0.225. The Kier molecular flexibility index (Phi) is 6.79. The number of amidine groups is 1. The van der Waals surface area contributed by atoms with Crippen molar-refractivity contribution in [3.05, 3.63) is 59.7 Å². The van der Waals surface area contributed by atoms with Gasteiger partial charge in [-0.3, -0.25) is 4.98 Å². The van der Waals surface area contributed by atoms with Gasteiger partial charge in [0.1, 0.15) is 11.5 Å². The van der Waals surface area contributed by atoms with Crippen LogP contribution in [0, 0.1) is 5.92 Å². The zero-order valence-electron chi connectivity index (χ0n) is 20.4. The normalized spacial score (nSPS) is 17.5. The van der Waals surface area contributed by atoms with Crippen LogP contribution >= 0.6 is 9.24 Å². The zero-order chi connectivity index (χ0) is 25.4. The minimum Gasteiger partial charge on any atom is -0.397 e. The third-order valence-corrected chi connectivity index (χ3v) is 7.35. The minimum atomic E-state index is -3.09. The Labute approximate surface area is 211 Å². The molecule has 1 atom stereocenters. The lowest BCUT2D eigenvalue weighted by atomic mass is 9.96. The van der Waals surface area contributed by atoms with E-state index in [1.807, 2.05) is 13.2 Å². The number of nitrogens with two attached hydrogens (primary N) is 1. The second-order valence-electron chi connectivity index (χ2n) is 9.85. The van der Waals surface area contributed by atoms with Crippen molar-refractivity contribution in [2.75, 3.05) is 32.4 Å². The first-order chi connectivity index (χ1) is 17.2. The van der Waals surface area contributed by atoms with Gasteiger partial charge in [-0.15, -0.1) is 0 Å². The first-order valence-electron chi connectivity index (χ1n) is 12.3. The Bertz CT molecular complexity index is 1300. The van der Waals surface area contributed by atoms with Crippen LogP contribution in [0.3, 0.4) is 0 Å². The molecule has 1 aliphatic heterocycles. The third-order valence-electron chi connectivity index (χ3n) is 7.04. The summed E-state index contributed by atoms with van der Waals surface area (Å²) < 4.78 is 28.0. The van der Waals surface area contributed by atoms with Crippen molar-refractivity contribution in [2.45, 2.75) is 37.3 Å². The van der Waals surface area contributed by atoms with Gasteiger partial charge in [-0.2, -0.15) is 8.78 Å². The highest BCUT2D eigenvalue weighted by Crippen LogP contribution is 2.43. The van der Waals surface area contributed by atoms with E-state index in [1.165, 1.54) is 6.07 Å². The molecule has 0 bridgehead atoms. The quantitative estimate of drug-likeness (QED) is 0.243. The van der Waals surface area contributed by atoms with E-state index < -0.39 is 5.66 Å². The van der Waals surface area contributed by atoms with Crippen LogP contribution in [0.15, 0.2) is 42.3 Å². The molecule has 0 amide bonds. The lowest BCUT2D eigenvalue weighted by Gasteiger charge is -2.31. The number of aromatic nitrogens is 3. The predicted octanol–water partition coefficient (Wildman–Crippen LogP) is 4.69. The summed E-state index contributed by atoms with van der Waals surface area (Å²) >= 11 is 0. The maximum absolute atomic E-state index is 14.0. The first kappa shape index (κ1) is 24.8. The topological polar surface area (TPSA) is 95.2 Å². The zero-order valence-corrected chi connectivity index (χ0v) is 21.6. The van der Waals surface area contributed by atoms with Crippen LogP contribution in [-0.4, -0.2) is 52.4 Å². The lowest BCUT2D eigenvalue weighted by molar-refractivity contribution is 0.0995. The summed E-state index contributed by atoms with van der Waals surface area (Å²) in [4.78, 5) is 18.5. The molecule has 3 aromatic rings. The van der Waals surface area contributed by atoms with E-state index in [0.29, 0.717) is 39.8 Å². The summed E-state index contributed by atoms with van der Waals surface area (Å²) in [5.41, 5.74) is 7.24. The van der Waals surface area contributed by atoms with Gasteiger partial charge in [0.2, 0.25) is 0 Å². The van der Waals surface area contributed by atoms with Crippen LogP contribution in [0.5, 0.6) is 0 Å². The molecular weight excluding hydrogens is 479 g/mol. The van der Waals surface area contributed by atoms with E-state index in [4.69, 9.17) is 10.7 Å². The Hall–Kier alpha value is -2.90. The van der Waals surface area contributed by atoms with Crippen molar-refractivity contribution < 1.29 is 8.78 Å². The Morgan fingerprint density at radius 1 is 1.28 bits per heavy atom. The number of hydrogen-bond acceptors (Lipinski definition) is 5. The van der Waals surface area contributed by atoms with E-state index in [2.05, 4.69) is 31.7 Å². The molecule has 1 saturated heterocycles. The monoisotopic (exact) mass is 511 g/mol. The largest absolute Gasteiger partial charge is 0.397 e. The highest BCUT2D eigenvalue weighted by molar-refractivity contribution is 7.17. The maximum Gasteiger partial charge on any atom is 0.298 e. The van der Waals surface area contributed by atoms with Crippen LogP contribution in [0.4, 0.5) is 14.5 Å². The Balaban J connectivity index is 1.58. The van der Waals surface area contributed by atoms with Crippen LogP contribution < -0.4 is 11.1 Å². The highest BCUT2D eigenvalue weighted by Gasteiger charge is 2.31. The van der Waals surface area contributed by atoms with Crippen molar-refractivity contribution in [1.29, 1.82) is 0 Å². The number of H-pyrrole nitrogens is 1. The van der Waals surface area contributed by atoms with Gasteiger partial charge in [-0.25, -0.2) is 9.98 Å². The van der Waals surface area contributed by atoms with E-state index in [1.54, 1.807) is 27.7 Å². The van der Waals surface area contributed by atoms with E-state index in [0.717, 1.165) is 62.3 Å². The fourth-order valence-electron chi connectivity index (χ4n) is 4.97. The maximum atomic E-state index is 14.0. The number of nitrogens with zero attached hydrogens (tertiary/aromatic N) is 4. The average Bonchev–Trinajstić information content (AvgIpc) is 3.59. The van der Waals surface area contributed by atoms with E-state index in [-0.39, 0.29) is 5.69 Å². The number of halogens is 2. The summed E-state index contributed by atoms with van der Waals surface area (Å²) in [6, 6.07) is 3.18. The number of alkyl halides is 2.